The van der Waals surface area contributed by atoms with Crippen molar-refractivity contribution < 1.29 is 21.6 Å². The summed E-state index contributed by atoms with van der Waals surface area (Å²) in [6.45, 7) is 1.37. The van der Waals surface area contributed by atoms with Gasteiger partial charge in [-0.15, -0.1) is 0 Å². The van der Waals surface area contributed by atoms with Crippen molar-refractivity contribution in [1.82, 2.24) is 4.98 Å². The molecule has 1 aromatic rings. The minimum atomic E-state index is -4.58. The summed E-state index contributed by atoms with van der Waals surface area (Å²) in [6.07, 6.45) is -3.68. The quantitative estimate of drug-likeness (QED) is 0.925. The lowest BCUT2D eigenvalue weighted by molar-refractivity contribution is -0.138. The van der Waals surface area contributed by atoms with Gasteiger partial charge in [0.25, 0.3) is 0 Å². The van der Waals surface area contributed by atoms with Gasteiger partial charge in [-0.05, 0) is 28.9 Å². The molecule has 9 heteroatoms. The molecule has 0 saturated carbocycles. The highest BCUT2D eigenvalue weighted by atomic mass is 79.9. The van der Waals surface area contributed by atoms with Crippen LogP contribution in [-0.4, -0.2) is 19.2 Å². The number of anilines is 1. The maximum absolute atomic E-state index is 12.5. The predicted molar refractivity (Wildman–Crippen MR) is 60.0 cm³/mol. The molecular weight excluding hydrogens is 325 g/mol. The summed E-state index contributed by atoms with van der Waals surface area (Å²) < 4.78 is 61.6. The molecule has 0 radical (unpaired) electrons. The van der Waals surface area contributed by atoms with E-state index in [0.717, 1.165) is 6.20 Å². The Morgan fingerprint density at radius 1 is 1.47 bits per heavy atom. The van der Waals surface area contributed by atoms with E-state index in [1.807, 2.05) is 4.72 Å². The predicted octanol–water partition coefficient (Wildman–Crippen LogP) is 2.62. The largest absolute Gasteiger partial charge is 0.417 e. The summed E-state index contributed by atoms with van der Waals surface area (Å²) in [5.74, 6) is -0.603. The van der Waals surface area contributed by atoms with Crippen molar-refractivity contribution in [2.75, 3.05) is 10.5 Å². The first-order valence-corrected chi connectivity index (χ1v) is 6.83. The Kier molecular flexibility index (Phi) is 4.03. The van der Waals surface area contributed by atoms with E-state index in [9.17, 15) is 21.6 Å². The van der Waals surface area contributed by atoms with Crippen LogP contribution < -0.4 is 4.72 Å². The number of pyridine rings is 1. The number of halogens is 4. The Hall–Kier alpha value is -0.830. The molecule has 1 aromatic heterocycles. The minimum absolute atomic E-state index is 0.244. The van der Waals surface area contributed by atoms with Gasteiger partial charge in [0.15, 0.2) is 0 Å². The first-order valence-electron chi connectivity index (χ1n) is 4.39. The van der Waals surface area contributed by atoms with Gasteiger partial charge in [-0.1, -0.05) is 0 Å². The summed E-state index contributed by atoms with van der Waals surface area (Å²) >= 11 is 2.70. The van der Waals surface area contributed by atoms with E-state index in [2.05, 4.69) is 20.9 Å². The van der Waals surface area contributed by atoms with E-state index in [4.69, 9.17) is 0 Å². The van der Waals surface area contributed by atoms with Gasteiger partial charge in [-0.25, -0.2) is 13.4 Å². The van der Waals surface area contributed by atoms with E-state index in [1.165, 1.54) is 6.92 Å². The van der Waals surface area contributed by atoms with Crippen LogP contribution in [0.5, 0.6) is 0 Å². The van der Waals surface area contributed by atoms with Gasteiger partial charge in [0.2, 0.25) is 10.0 Å². The molecule has 1 N–H and O–H groups in total. The first kappa shape index (κ1) is 14.2. The zero-order valence-electron chi connectivity index (χ0n) is 8.55. The summed E-state index contributed by atoms with van der Waals surface area (Å²) in [5, 5.41) is 0. The molecule has 0 aromatic carbocycles. The molecule has 0 bridgehead atoms. The Morgan fingerprint density at radius 3 is 2.53 bits per heavy atom. The number of nitrogens with zero attached hydrogens (tertiary/aromatic N) is 1. The molecule has 0 aliphatic heterocycles. The topological polar surface area (TPSA) is 59.1 Å². The zero-order chi connectivity index (χ0) is 13.3. The van der Waals surface area contributed by atoms with Crippen LogP contribution in [0, 0.1) is 0 Å². The molecule has 96 valence electrons. The lowest BCUT2D eigenvalue weighted by atomic mass is 10.2. The van der Waals surface area contributed by atoms with Gasteiger partial charge in [0.1, 0.15) is 5.82 Å². The molecular formula is C8H8BrF3N2O2S. The summed E-state index contributed by atoms with van der Waals surface area (Å²) in [6, 6.07) is 0.636. The maximum Gasteiger partial charge on any atom is 0.417 e. The number of alkyl halides is 3. The second-order valence-electron chi connectivity index (χ2n) is 3.05. The Balaban J connectivity index is 3.14. The first-order chi connectivity index (χ1) is 7.65. The summed E-state index contributed by atoms with van der Waals surface area (Å²) in [7, 11) is -3.64. The van der Waals surface area contributed by atoms with Crippen molar-refractivity contribution in [3.63, 3.8) is 0 Å². The zero-order valence-corrected chi connectivity index (χ0v) is 10.9. The maximum atomic E-state index is 12.5. The molecule has 0 atom stereocenters. The molecule has 0 spiro atoms. The third-order valence-electron chi connectivity index (χ3n) is 1.80. The van der Waals surface area contributed by atoms with Gasteiger partial charge in [0, 0.05) is 10.7 Å². The fourth-order valence-corrected chi connectivity index (χ4v) is 1.96. The number of rotatable bonds is 3. The fourth-order valence-electron chi connectivity index (χ4n) is 0.943. The molecule has 0 saturated heterocycles. The lowest BCUT2D eigenvalue weighted by Gasteiger charge is -2.11. The van der Waals surface area contributed by atoms with Gasteiger partial charge in [-0.2, -0.15) is 13.2 Å². The van der Waals surface area contributed by atoms with Crippen LogP contribution >= 0.6 is 15.9 Å². The van der Waals surface area contributed by atoms with Crippen LogP contribution in [0.1, 0.15) is 12.5 Å². The summed E-state index contributed by atoms with van der Waals surface area (Å²) in [5.41, 5.74) is -0.985. The van der Waals surface area contributed by atoms with Crippen molar-refractivity contribution in [3.8, 4) is 0 Å². The van der Waals surface area contributed by atoms with Crippen molar-refractivity contribution in [3.05, 3.63) is 22.3 Å². The number of sulfonamides is 1. The van der Waals surface area contributed by atoms with Crippen LogP contribution in [0.15, 0.2) is 16.7 Å². The molecule has 0 unspecified atom stereocenters. The van der Waals surface area contributed by atoms with Crippen molar-refractivity contribution in [2.24, 2.45) is 0 Å². The number of aromatic nitrogens is 1. The number of hydrogen-bond acceptors (Lipinski definition) is 3. The highest BCUT2D eigenvalue weighted by Crippen LogP contribution is 2.35. The van der Waals surface area contributed by atoms with Crippen LogP contribution in [0.3, 0.4) is 0 Å². The fraction of sp³-hybridized carbons (Fsp3) is 0.375. The van der Waals surface area contributed by atoms with Gasteiger partial charge in [0.05, 0.1) is 11.3 Å². The second-order valence-corrected chi connectivity index (χ2v) is 5.92. The van der Waals surface area contributed by atoms with Crippen LogP contribution in [-0.2, 0) is 16.2 Å². The third-order valence-corrected chi connectivity index (χ3v) is 3.71. The lowest BCUT2D eigenvalue weighted by Crippen LogP contribution is -2.16. The number of nitrogens with one attached hydrogen (secondary N) is 1. The molecule has 1 rings (SSSR count). The van der Waals surface area contributed by atoms with E-state index in [-0.39, 0.29) is 16.0 Å². The Morgan fingerprint density at radius 2 is 2.06 bits per heavy atom. The Bertz CT molecular complexity index is 516. The van der Waals surface area contributed by atoms with E-state index < -0.39 is 21.8 Å². The van der Waals surface area contributed by atoms with Gasteiger partial charge < -0.3 is 0 Å². The normalized spacial score (nSPS) is 12.5. The Labute approximate surface area is 104 Å². The highest BCUT2D eigenvalue weighted by molar-refractivity contribution is 9.10. The average Bonchev–Trinajstić information content (AvgIpc) is 2.19. The highest BCUT2D eigenvalue weighted by Gasteiger charge is 2.33. The average molecular weight is 333 g/mol. The SMILES string of the molecule is CCS(=O)(=O)Nc1cc(C(F)(F)F)c(Br)cn1. The summed E-state index contributed by atoms with van der Waals surface area (Å²) in [4.78, 5) is 3.55. The van der Waals surface area contributed by atoms with Gasteiger partial charge >= 0.3 is 6.18 Å². The second kappa shape index (κ2) is 4.81. The number of hydrogen-bond donors (Lipinski definition) is 1. The molecule has 0 aliphatic carbocycles. The molecule has 1 heterocycles. The smallest absolute Gasteiger partial charge is 0.267 e. The minimum Gasteiger partial charge on any atom is -0.267 e. The molecule has 4 nitrogen and oxygen atoms in total. The van der Waals surface area contributed by atoms with Crippen LogP contribution in [0.4, 0.5) is 19.0 Å². The molecule has 0 fully saturated rings. The van der Waals surface area contributed by atoms with Crippen molar-refractivity contribution in [1.29, 1.82) is 0 Å². The molecule has 0 aliphatic rings. The van der Waals surface area contributed by atoms with Gasteiger partial charge in [-0.3, -0.25) is 4.72 Å². The van der Waals surface area contributed by atoms with Crippen LogP contribution in [0.2, 0.25) is 0 Å². The van der Waals surface area contributed by atoms with E-state index in [1.54, 1.807) is 0 Å². The van der Waals surface area contributed by atoms with Crippen molar-refractivity contribution in [2.45, 2.75) is 13.1 Å². The van der Waals surface area contributed by atoms with Crippen LogP contribution in [0.25, 0.3) is 0 Å². The van der Waals surface area contributed by atoms with E-state index in [0.29, 0.717) is 6.07 Å². The standard InChI is InChI=1S/C8H8BrF3N2O2S/c1-2-17(15,16)14-7-3-5(8(10,11)12)6(9)4-13-7/h3-4H,2H2,1H3,(H,13,14). The molecule has 0 amide bonds. The monoisotopic (exact) mass is 332 g/mol. The molecule has 17 heavy (non-hydrogen) atoms. The van der Waals surface area contributed by atoms with Crippen molar-refractivity contribution >= 4 is 31.8 Å². The third kappa shape index (κ3) is 3.84. The van der Waals surface area contributed by atoms with E-state index >= 15 is 0 Å².